The van der Waals surface area contributed by atoms with Gasteiger partial charge in [-0.25, -0.2) is 4.39 Å². The quantitative estimate of drug-likeness (QED) is 0.418. The average molecular weight is 409 g/mol. The second-order valence-corrected chi connectivity index (χ2v) is 9.68. The number of unbranched alkanes of at least 4 members (excludes halogenated alkanes) is 2. The van der Waals surface area contributed by atoms with E-state index >= 15 is 0 Å². The Morgan fingerprint density at radius 3 is 2.33 bits per heavy atom. The first-order valence-electron chi connectivity index (χ1n) is 12.1. The molecule has 0 aliphatic heterocycles. The smallest absolute Gasteiger partial charge is 0.165 e. The number of fused-ring (bicyclic) bond motifs is 1. The molecule has 2 saturated carbocycles. The molecule has 2 aromatic carbocycles. The zero-order valence-electron chi connectivity index (χ0n) is 18.7. The fraction of sp³-hybridized carbons (Fsp3) is 0.571. The zero-order valence-corrected chi connectivity index (χ0v) is 18.7. The van der Waals surface area contributed by atoms with Crippen LogP contribution in [0.2, 0.25) is 0 Å². The molecule has 0 heterocycles. The van der Waals surface area contributed by atoms with E-state index < -0.39 is 0 Å². The SMILES string of the molecule is CCCCCC1CCC2CC(c3ccc(-c4ccc(OC)c(F)c4)cc3)CCC2C1. The summed E-state index contributed by atoms with van der Waals surface area (Å²) in [4.78, 5) is 0. The molecular formula is C28H37FO. The fourth-order valence-electron chi connectivity index (χ4n) is 6.03. The lowest BCUT2D eigenvalue weighted by Crippen LogP contribution is -2.30. The molecule has 2 heteroatoms. The van der Waals surface area contributed by atoms with Crippen LogP contribution in [0.3, 0.4) is 0 Å². The summed E-state index contributed by atoms with van der Waals surface area (Å²) >= 11 is 0. The van der Waals surface area contributed by atoms with Crippen molar-refractivity contribution in [1.29, 1.82) is 0 Å². The van der Waals surface area contributed by atoms with Crippen LogP contribution in [0.4, 0.5) is 4.39 Å². The van der Waals surface area contributed by atoms with Crippen molar-refractivity contribution in [2.24, 2.45) is 17.8 Å². The molecule has 2 fully saturated rings. The van der Waals surface area contributed by atoms with Gasteiger partial charge in [0, 0.05) is 0 Å². The first-order valence-corrected chi connectivity index (χ1v) is 12.1. The lowest BCUT2D eigenvalue weighted by molar-refractivity contribution is 0.113. The third-order valence-electron chi connectivity index (χ3n) is 7.80. The number of hydrogen-bond donors (Lipinski definition) is 0. The van der Waals surface area contributed by atoms with Crippen LogP contribution in [-0.2, 0) is 0 Å². The predicted molar refractivity (Wildman–Crippen MR) is 123 cm³/mol. The second-order valence-electron chi connectivity index (χ2n) is 9.68. The number of ether oxygens (including phenoxy) is 1. The van der Waals surface area contributed by atoms with Crippen LogP contribution >= 0.6 is 0 Å². The number of methoxy groups -OCH3 is 1. The molecule has 4 atom stereocenters. The van der Waals surface area contributed by atoms with Gasteiger partial charge in [0.2, 0.25) is 0 Å². The number of hydrogen-bond acceptors (Lipinski definition) is 1. The summed E-state index contributed by atoms with van der Waals surface area (Å²) in [6, 6.07) is 14.1. The van der Waals surface area contributed by atoms with E-state index in [1.165, 1.54) is 76.9 Å². The summed E-state index contributed by atoms with van der Waals surface area (Å²) in [5.41, 5.74) is 3.45. The van der Waals surface area contributed by atoms with Crippen LogP contribution in [0, 0.1) is 23.6 Å². The molecule has 4 unspecified atom stereocenters. The third kappa shape index (κ3) is 4.90. The second kappa shape index (κ2) is 9.98. The van der Waals surface area contributed by atoms with E-state index in [9.17, 15) is 4.39 Å². The van der Waals surface area contributed by atoms with Crippen LogP contribution in [0.5, 0.6) is 5.75 Å². The van der Waals surface area contributed by atoms with Crippen molar-refractivity contribution in [2.75, 3.05) is 7.11 Å². The van der Waals surface area contributed by atoms with Crippen LogP contribution in [0.25, 0.3) is 11.1 Å². The minimum Gasteiger partial charge on any atom is -0.494 e. The Morgan fingerprint density at radius 2 is 1.60 bits per heavy atom. The molecule has 0 N–H and O–H groups in total. The summed E-state index contributed by atoms with van der Waals surface area (Å²) in [5.74, 6) is 3.60. The van der Waals surface area contributed by atoms with Gasteiger partial charge in [0.15, 0.2) is 11.6 Å². The maximum Gasteiger partial charge on any atom is 0.165 e. The molecular weight excluding hydrogens is 371 g/mol. The van der Waals surface area contributed by atoms with Gasteiger partial charge in [0.1, 0.15) is 0 Å². The molecule has 0 aromatic heterocycles. The molecule has 1 nitrogen and oxygen atoms in total. The largest absolute Gasteiger partial charge is 0.494 e. The third-order valence-corrected chi connectivity index (χ3v) is 7.80. The first kappa shape index (κ1) is 21.4. The summed E-state index contributed by atoms with van der Waals surface area (Å²) < 4.78 is 19.1. The van der Waals surface area contributed by atoms with Crippen molar-refractivity contribution in [2.45, 2.75) is 77.0 Å². The van der Waals surface area contributed by atoms with Gasteiger partial charge in [-0.2, -0.15) is 0 Å². The normalized spacial score (nSPS) is 26.2. The van der Waals surface area contributed by atoms with Gasteiger partial charge < -0.3 is 4.74 Å². The molecule has 162 valence electrons. The highest BCUT2D eigenvalue weighted by atomic mass is 19.1. The average Bonchev–Trinajstić information content (AvgIpc) is 2.79. The highest BCUT2D eigenvalue weighted by Gasteiger charge is 2.35. The van der Waals surface area contributed by atoms with Gasteiger partial charge in [-0.1, -0.05) is 69.4 Å². The molecule has 0 spiro atoms. The van der Waals surface area contributed by atoms with Crippen molar-refractivity contribution < 1.29 is 9.13 Å². The van der Waals surface area contributed by atoms with Crippen LogP contribution in [0.15, 0.2) is 42.5 Å². The van der Waals surface area contributed by atoms with Crippen molar-refractivity contribution in [1.82, 2.24) is 0 Å². The highest BCUT2D eigenvalue weighted by molar-refractivity contribution is 5.64. The van der Waals surface area contributed by atoms with Crippen molar-refractivity contribution >= 4 is 0 Å². The van der Waals surface area contributed by atoms with E-state index in [0.29, 0.717) is 11.7 Å². The molecule has 0 saturated heterocycles. The van der Waals surface area contributed by atoms with E-state index in [1.54, 1.807) is 12.1 Å². The summed E-state index contributed by atoms with van der Waals surface area (Å²) in [6.45, 7) is 2.31. The van der Waals surface area contributed by atoms with E-state index in [0.717, 1.165) is 28.9 Å². The van der Waals surface area contributed by atoms with Gasteiger partial charge >= 0.3 is 0 Å². The Morgan fingerprint density at radius 1 is 0.867 bits per heavy atom. The Bertz CT molecular complexity index is 812. The fourth-order valence-corrected chi connectivity index (χ4v) is 6.03. The Labute approximate surface area is 182 Å². The van der Waals surface area contributed by atoms with Gasteiger partial charge in [0.05, 0.1) is 7.11 Å². The zero-order chi connectivity index (χ0) is 20.9. The van der Waals surface area contributed by atoms with Gasteiger partial charge in [-0.3, -0.25) is 0 Å². The lowest BCUT2D eigenvalue weighted by atomic mass is 9.63. The summed E-state index contributed by atoms with van der Waals surface area (Å²) in [6.07, 6.45) is 14.1. The van der Waals surface area contributed by atoms with Crippen LogP contribution in [-0.4, -0.2) is 7.11 Å². The van der Waals surface area contributed by atoms with Gasteiger partial charge in [-0.15, -0.1) is 0 Å². The van der Waals surface area contributed by atoms with Crippen LogP contribution < -0.4 is 4.74 Å². The summed E-state index contributed by atoms with van der Waals surface area (Å²) in [5, 5.41) is 0. The van der Waals surface area contributed by atoms with Gasteiger partial charge in [0.25, 0.3) is 0 Å². The first-order chi connectivity index (χ1) is 14.7. The maximum absolute atomic E-state index is 14.1. The molecule has 0 radical (unpaired) electrons. The van der Waals surface area contributed by atoms with Crippen molar-refractivity contribution in [3.05, 3.63) is 53.8 Å². The van der Waals surface area contributed by atoms with E-state index in [2.05, 4.69) is 31.2 Å². The monoisotopic (exact) mass is 408 g/mol. The molecule has 2 aliphatic rings. The van der Waals surface area contributed by atoms with Crippen molar-refractivity contribution in [3.8, 4) is 16.9 Å². The number of halogens is 1. The minimum atomic E-state index is -0.303. The van der Waals surface area contributed by atoms with Gasteiger partial charge in [-0.05, 0) is 84.6 Å². The predicted octanol–water partition coefficient (Wildman–Crippen LogP) is 8.38. The highest BCUT2D eigenvalue weighted by Crippen LogP contribution is 2.48. The standard InChI is InChI=1S/C28H37FO/c1-3-4-5-6-20-7-8-25-18-24(14-13-23(25)17-20)21-9-11-22(12-10-21)26-15-16-28(30-2)27(29)19-26/h9-12,15-16,19-20,23-25H,3-8,13-14,17-18H2,1-2H3. The molecule has 0 bridgehead atoms. The molecule has 2 aliphatic carbocycles. The van der Waals surface area contributed by atoms with Crippen LogP contribution in [0.1, 0.15) is 82.6 Å². The molecule has 2 aromatic rings. The molecule has 4 rings (SSSR count). The lowest BCUT2D eigenvalue weighted by Gasteiger charge is -2.42. The molecule has 30 heavy (non-hydrogen) atoms. The topological polar surface area (TPSA) is 9.23 Å². The Balaban J connectivity index is 1.35. The van der Waals surface area contributed by atoms with Crippen molar-refractivity contribution in [3.63, 3.8) is 0 Å². The Kier molecular flexibility index (Phi) is 7.12. The van der Waals surface area contributed by atoms with E-state index in [-0.39, 0.29) is 5.82 Å². The van der Waals surface area contributed by atoms with E-state index in [1.807, 2.05) is 6.07 Å². The number of benzene rings is 2. The Hall–Kier alpha value is -1.83. The minimum absolute atomic E-state index is 0.298. The maximum atomic E-state index is 14.1. The van der Waals surface area contributed by atoms with E-state index in [4.69, 9.17) is 4.74 Å². The molecule has 0 amide bonds. The summed E-state index contributed by atoms with van der Waals surface area (Å²) in [7, 11) is 1.50. The number of rotatable bonds is 7.